The van der Waals surface area contributed by atoms with Crippen molar-refractivity contribution in [2.75, 3.05) is 45.9 Å². The van der Waals surface area contributed by atoms with Gasteiger partial charge in [-0.05, 0) is 17.7 Å². The summed E-state index contributed by atoms with van der Waals surface area (Å²) in [7, 11) is -3.58. The van der Waals surface area contributed by atoms with Crippen molar-refractivity contribution in [2.24, 2.45) is 0 Å². The van der Waals surface area contributed by atoms with Gasteiger partial charge in [-0.2, -0.15) is 4.31 Å². The molecule has 2 aromatic carbocycles. The molecule has 2 aromatic rings. The maximum Gasteiger partial charge on any atom is 0.243 e. The normalized spacial score (nSPS) is 19.3. The maximum absolute atomic E-state index is 13.0. The Hall–Kier alpha value is -2.13. The molecule has 8 heteroatoms. The van der Waals surface area contributed by atoms with Gasteiger partial charge in [0.05, 0.1) is 31.1 Å². The summed E-state index contributed by atoms with van der Waals surface area (Å²) in [6, 6.07) is 14.3. The minimum absolute atomic E-state index is 0.226. The molecule has 0 unspecified atom stereocenters. The van der Waals surface area contributed by atoms with E-state index < -0.39 is 16.1 Å². The molecule has 7 nitrogen and oxygen atoms in total. The van der Waals surface area contributed by atoms with Gasteiger partial charge >= 0.3 is 0 Å². The molecule has 1 saturated heterocycles. The standard InChI is InChI=1S/C20H24N2O5S/c23-18(16-4-2-1-3-5-16)15-21-8-10-22(11-9-21)28(24,25)17-6-7-19-20(14-17)27-13-12-26-19/h1-7,14,18,23H,8-13,15H2/p+1/t18-/m0/s1. The summed E-state index contributed by atoms with van der Waals surface area (Å²) in [6.07, 6.45) is -0.544. The number of quaternary nitrogens is 1. The monoisotopic (exact) mass is 405 g/mol. The molecule has 28 heavy (non-hydrogen) atoms. The molecule has 1 fully saturated rings. The Kier molecular flexibility index (Phi) is 5.54. The summed E-state index contributed by atoms with van der Waals surface area (Å²) in [5.74, 6) is 1.05. The molecule has 0 saturated carbocycles. The Morgan fingerprint density at radius 2 is 1.68 bits per heavy atom. The quantitative estimate of drug-likeness (QED) is 0.737. The van der Waals surface area contributed by atoms with Crippen LogP contribution in [-0.4, -0.2) is 63.8 Å². The number of nitrogens with one attached hydrogen (secondary N) is 1. The summed E-state index contributed by atoms with van der Waals surface area (Å²) in [5.41, 5.74) is 0.890. The number of benzene rings is 2. The van der Waals surface area contributed by atoms with Crippen LogP contribution in [-0.2, 0) is 10.0 Å². The number of hydrogen-bond acceptors (Lipinski definition) is 5. The molecule has 0 radical (unpaired) electrons. The molecule has 2 aliphatic rings. The number of ether oxygens (including phenoxy) is 2. The molecular weight excluding hydrogens is 380 g/mol. The van der Waals surface area contributed by atoms with Crippen LogP contribution in [0, 0.1) is 0 Å². The predicted octanol–water partition coefficient (Wildman–Crippen LogP) is 0.0806. The molecule has 2 heterocycles. The van der Waals surface area contributed by atoms with Gasteiger partial charge in [0.25, 0.3) is 0 Å². The maximum atomic E-state index is 13.0. The zero-order valence-corrected chi connectivity index (χ0v) is 16.4. The van der Waals surface area contributed by atoms with Gasteiger partial charge in [-0.25, -0.2) is 8.42 Å². The van der Waals surface area contributed by atoms with Gasteiger partial charge in [-0.1, -0.05) is 30.3 Å². The van der Waals surface area contributed by atoms with Crippen LogP contribution in [0.5, 0.6) is 11.5 Å². The van der Waals surface area contributed by atoms with E-state index in [0.29, 0.717) is 57.4 Å². The number of hydrogen-bond donors (Lipinski definition) is 2. The average molecular weight is 405 g/mol. The summed E-state index contributed by atoms with van der Waals surface area (Å²) in [4.78, 5) is 1.43. The lowest BCUT2D eigenvalue weighted by Gasteiger charge is -2.32. The highest BCUT2D eigenvalue weighted by molar-refractivity contribution is 7.89. The summed E-state index contributed by atoms with van der Waals surface area (Å²) in [6.45, 7) is 3.63. The summed E-state index contributed by atoms with van der Waals surface area (Å²) in [5, 5.41) is 10.4. The molecular formula is C20H25N2O5S+. The Bertz CT molecular complexity index is 911. The third kappa shape index (κ3) is 4.00. The fourth-order valence-electron chi connectivity index (χ4n) is 3.65. The van der Waals surface area contributed by atoms with Crippen LogP contribution in [0.25, 0.3) is 0 Å². The van der Waals surface area contributed by atoms with Gasteiger partial charge in [0.15, 0.2) is 11.5 Å². The van der Waals surface area contributed by atoms with E-state index in [1.165, 1.54) is 9.21 Å². The predicted molar refractivity (Wildman–Crippen MR) is 103 cm³/mol. The van der Waals surface area contributed by atoms with E-state index in [1.54, 1.807) is 18.2 Å². The molecule has 150 valence electrons. The molecule has 2 N–H and O–H groups in total. The van der Waals surface area contributed by atoms with E-state index >= 15 is 0 Å². The highest BCUT2D eigenvalue weighted by Gasteiger charge is 2.32. The molecule has 0 aromatic heterocycles. The van der Waals surface area contributed by atoms with E-state index in [4.69, 9.17) is 9.47 Å². The molecule has 0 bridgehead atoms. The zero-order valence-electron chi connectivity index (χ0n) is 15.6. The van der Waals surface area contributed by atoms with Crippen LogP contribution in [0.2, 0.25) is 0 Å². The molecule has 2 aliphatic heterocycles. The number of rotatable bonds is 5. The van der Waals surface area contributed by atoms with Crippen molar-refractivity contribution in [2.45, 2.75) is 11.0 Å². The number of piperazine rings is 1. The average Bonchev–Trinajstić information content (AvgIpc) is 2.74. The molecule has 1 atom stereocenters. The Morgan fingerprint density at radius 1 is 1.00 bits per heavy atom. The lowest BCUT2D eigenvalue weighted by molar-refractivity contribution is -0.907. The third-order valence-corrected chi connectivity index (χ3v) is 7.14. The molecule has 0 amide bonds. The van der Waals surface area contributed by atoms with Crippen molar-refractivity contribution in [3.8, 4) is 11.5 Å². The van der Waals surface area contributed by atoms with E-state index in [2.05, 4.69) is 0 Å². The number of sulfonamides is 1. The van der Waals surface area contributed by atoms with Crippen LogP contribution in [0.1, 0.15) is 11.7 Å². The van der Waals surface area contributed by atoms with Crippen molar-refractivity contribution in [1.82, 2.24) is 4.31 Å². The number of fused-ring (bicyclic) bond motifs is 1. The minimum atomic E-state index is -3.58. The van der Waals surface area contributed by atoms with Gasteiger partial charge in [-0.15, -0.1) is 0 Å². The Labute approximate surface area is 165 Å². The van der Waals surface area contributed by atoms with Crippen molar-refractivity contribution >= 4 is 10.0 Å². The highest BCUT2D eigenvalue weighted by Crippen LogP contribution is 2.33. The molecule has 0 spiro atoms. The molecule has 4 rings (SSSR count). The van der Waals surface area contributed by atoms with Gasteiger partial charge in [0.1, 0.15) is 25.9 Å². The topological polar surface area (TPSA) is 80.5 Å². The van der Waals surface area contributed by atoms with Crippen LogP contribution in [0.3, 0.4) is 0 Å². The SMILES string of the molecule is O=S(=O)(c1ccc2c(c1)OCCO2)N1CC[NH+](C[C@H](O)c2ccccc2)CC1. The van der Waals surface area contributed by atoms with Crippen molar-refractivity contribution in [3.05, 3.63) is 54.1 Å². The first kappa shape index (κ1) is 19.2. The van der Waals surface area contributed by atoms with Crippen LogP contribution < -0.4 is 14.4 Å². The Balaban J connectivity index is 1.39. The van der Waals surface area contributed by atoms with Crippen molar-refractivity contribution < 1.29 is 27.9 Å². The second-order valence-corrected chi connectivity index (χ2v) is 9.03. The summed E-state index contributed by atoms with van der Waals surface area (Å²) >= 11 is 0. The number of aliphatic hydroxyl groups is 1. The summed E-state index contributed by atoms with van der Waals surface area (Å²) < 4.78 is 38.5. The van der Waals surface area contributed by atoms with Gasteiger partial charge in [0, 0.05) is 6.07 Å². The molecule has 0 aliphatic carbocycles. The van der Waals surface area contributed by atoms with E-state index in [1.807, 2.05) is 30.3 Å². The number of nitrogens with zero attached hydrogens (tertiary/aromatic N) is 1. The third-order valence-electron chi connectivity index (χ3n) is 5.25. The second-order valence-electron chi connectivity index (χ2n) is 7.09. The van der Waals surface area contributed by atoms with Gasteiger partial charge < -0.3 is 19.5 Å². The number of aliphatic hydroxyl groups excluding tert-OH is 1. The lowest BCUT2D eigenvalue weighted by Crippen LogP contribution is -3.15. The first-order valence-electron chi connectivity index (χ1n) is 9.50. The van der Waals surface area contributed by atoms with Crippen LogP contribution >= 0.6 is 0 Å². The second kappa shape index (κ2) is 8.08. The van der Waals surface area contributed by atoms with Gasteiger partial charge in [0.2, 0.25) is 10.0 Å². The fraction of sp³-hybridized carbons (Fsp3) is 0.400. The highest BCUT2D eigenvalue weighted by atomic mass is 32.2. The first-order chi connectivity index (χ1) is 13.5. The smallest absolute Gasteiger partial charge is 0.243 e. The zero-order chi connectivity index (χ0) is 19.6. The Morgan fingerprint density at radius 3 is 2.39 bits per heavy atom. The first-order valence-corrected chi connectivity index (χ1v) is 10.9. The van der Waals surface area contributed by atoms with E-state index in [0.717, 1.165) is 5.56 Å². The minimum Gasteiger partial charge on any atom is -0.486 e. The lowest BCUT2D eigenvalue weighted by atomic mass is 10.1. The van der Waals surface area contributed by atoms with Crippen LogP contribution in [0.15, 0.2) is 53.4 Å². The fourth-order valence-corrected chi connectivity index (χ4v) is 5.10. The van der Waals surface area contributed by atoms with Crippen LogP contribution in [0.4, 0.5) is 0 Å². The van der Waals surface area contributed by atoms with Crippen molar-refractivity contribution in [3.63, 3.8) is 0 Å². The van der Waals surface area contributed by atoms with E-state index in [-0.39, 0.29) is 4.90 Å². The van der Waals surface area contributed by atoms with Crippen molar-refractivity contribution in [1.29, 1.82) is 0 Å². The largest absolute Gasteiger partial charge is 0.486 e. The van der Waals surface area contributed by atoms with Gasteiger partial charge in [-0.3, -0.25) is 0 Å². The van der Waals surface area contributed by atoms with E-state index in [9.17, 15) is 13.5 Å².